The summed E-state index contributed by atoms with van der Waals surface area (Å²) in [7, 11) is -5.16. The van der Waals surface area contributed by atoms with Crippen LogP contribution in [0.5, 0.6) is 0 Å². The van der Waals surface area contributed by atoms with Gasteiger partial charge in [0, 0.05) is 0 Å². The van der Waals surface area contributed by atoms with Crippen LogP contribution in [-0.4, -0.2) is 72.2 Å². The molecule has 0 radical (unpaired) electrons. The summed E-state index contributed by atoms with van der Waals surface area (Å²) in [6.45, 7) is 3.68. The topological polar surface area (TPSA) is 146 Å². The summed E-state index contributed by atoms with van der Waals surface area (Å²) < 4.78 is 47.3. The minimum Gasteiger partial charge on any atom is -0.726 e. The Morgan fingerprint density at radius 3 is 2.16 bits per heavy atom. The van der Waals surface area contributed by atoms with E-state index >= 15 is 0 Å². The minimum atomic E-state index is -5.16. The van der Waals surface area contributed by atoms with Crippen LogP contribution >= 0.6 is 0 Å². The number of ether oxygens (including phenoxy) is 2. The van der Waals surface area contributed by atoms with Crippen molar-refractivity contribution in [2.24, 2.45) is 5.92 Å². The molecule has 0 aromatic carbocycles. The molecule has 1 fully saturated rings. The van der Waals surface area contributed by atoms with E-state index in [9.17, 15) is 28.3 Å². The van der Waals surface area contributed by atoms with Gasteiger partial charge in [-0.15, -0.1) is 0 Å². The number of hydrogen-bond donors (Lipinski definition) is 3. The second-order valence-electron chi connectivity index (χ2n) is 5.95. The average molecular weight is 394 g/mol. The summed E-state index contributed by atoms with van der Waals surface area (Å²) in [6, 6.07) is 0. The Kier molecular flexibility index (Phi) is 12.5. The van der Waals surface area contributed by atoms with Gasteiger partial charge in [0.25, 0.3) is 0 Å². The molecule has 0 saturated carbocycles. The van der Waals surface area contributed by atoms with E-state index in [4.69, 9.17) is 9.47 Å². The predicted molar refractivity (Wildman–Crippen MR) is 81.6 cm³/mol. The van der Waals surface area contributed by atoms with Crippen LogP contribution in [0.15, 0.2) is 0 Å². The van der Waals surface area contributed by atoms with E-state index in [0.717, 1.165) is 25.7 Å². The fourth-order valence-corrected chi connectivity index (χ4v) is 3.30. The van der Waals surface area contributed by atoms with E-state index < -0.39 is 47.7 Å². The number of hydrogen-bond acceptors (Lipinski definition) is 9. The number of rotatable bonds is 10. The van der Waals surface area contributed by atoms with Crippen LogP contribution in [0.25, 0.3) is 0 Å². The van der Waals surface area contributed by atoms with Crippen molar-refractivity contribution < 1.29 is 71.5 Å². The van der Waals surface area contributed by atoms with Crippen LogP contribution in [0.2, 0.25) is 0 Å². The molecule has 0 unspecified atom stereocenters. The normalized spacial score (nSPS) is 30.3. The summed E-state index contributed by atoms with van der Waals surface area (Å²) in [5.74, 6) is 0.234. The molecule has 1 rings (SSSR count). The Balaban J connectivity index is 0.00000576. The van der Waals surface area contributed by atoms with Gasteiger partial charge >= 0.3 is 29.6 Å². The Morgan fingerprint density at radius 2 is 1.72 bits per heavy atom. The van der Waals surface area contributed by atoms with Crippen LogP contribution in [-0.2, 0) is 24.1 Å². The van der Waals surface area contributed by atoms with Gasteiger partial charge in [-0.1, -0.05) is 26.7 Å². The van der Waals surface area contributed by atoms with Gasteiger partial charge in [0.1, 0.15) is 24.4 Å². The second-order valence-corrected chi connectivity index (χ2v) is 6.96. The van der Waals surface area contributed by atoms with Crippen LogP contribution < -0.4 is 29.6 Å². The molecule has 5 atom stereocenters. The summed E-state index contributed by atoms with van der Waals surface area (Å²) in [5, 5.41) is 29.2. The molecule has 25 heavy (non-hydrogen) atoms. The van der Waals surface area contributed by atoms with Crippen molar-refractivity contribution in [2.45, 2.75) is 70.2 Å². The second kappa shape index (κ2) is 12.2. The van der Waals surface area contributed by atoms with Crippen molar-refractivity contribution in [1.82, 2.24) is 0 Å². The first-order valence-corrected chi connectivity index (χ1v) is 9.44. The quantitative estimate of drug-likeness (QED) is 0.195. The van der Waals surface area contributed by atoms with Gasteiger partial charge < -0.3 is 29.3 Å². The first-order chi connectivity index (χ1) is 11.2. The van der Waals surface area contributed by atoms with E-state index in [1.54, 1.807) is 0 Å². The van der Waals surface area contributed by atoms with Gasteiger partial charge in [0.05, 0.1) is 13.2 Å². The zero-order chi connectivity index (χ0) is 18.3. The standard InChI is InChI=1S/C14H28O9S.Na/c1-3-5-9(6-4-2)8-21-14-12(17)13(23-24(18,19)20)11(16)10(7-15)22-14;/h9-17H,3-8H2,1-2H3,(H,18,19,20);/q;+1/p-1/t10-,11+,12-,13-,14+;/m1./s1. The Bertz CT molecular complexity index is 455. The molecule has 0 aromatic rings. The molecule has 3 N–H and O–H groups in total. The smallest absolute Gasteiger partial charge is 0.726 e. The summed E-state index contributed by atoms with van der Waals surface area (Å²) >= 11 is 0. The maximum absolute atomic E-state index is 10.8. The maximum atomic E-state index is 10.8. The molecule has 1 aliphatic rings. The van der Waals surface area contributed by atoms with Crippen molar-refractivity contribution in [3.05, 3.63) is 0 Å². The minimum absolute atomic E-state index is 0. The molecule has 0 amide bonds. The van der Waals surface area contributed by atoms with Gasteiger partial charge in [-0.25, -0.2) is 8.42 Å². The third kappa shape index (κ3) is 8.48. The summed E-state index contributed by atoms with van der Waals surface area (Å²) in [4.78, 5) is 0. The number of aliphatic hydroxyl groups is 3. The van der Waals surface area contributed by atoms with Crippen molar-refractivity contribution in [3.8, 4) is 0 Å². The van der Waals surface area contributed by atoms with Crippen molar-refractivity contribution in [1.29, 1.82) is 0 Å². The number of aliphatic hydroxyl groups excluding tert-OH is 3. The fraction of sp³-hybridized carbons (Fsp3) is 1.00. The van der Waals surface area contributed by atoms with Gasteiger partial charge in [-0.3, -0.25) is 4.18 Å². The van der Waals surface area contributed by atoms with Gasteiger partial charge in [0.15, 0.2) is 6.29 Å². The molecule has 9 nitrogen and oxygen atoms in total. The Morgan fingerprint density at radius 1 is 1.16 bits per heavy atom. The Labute approximate surface area is 170 Å². The van der Waals surface area contributed by atoms with E-state index in [-0.39, 0.29) is 42.1 Å². The zero-order valence-corrected chi connectivity index (χ0v) is 17.7. The third-order valence-electron chi connectivity index (χ3n) is 3.94. The molecule has 0 spiro atoms. The van der Waals surface area contributed by atoms with Gasteiger partial charge in [0.2, 0.25) is 10.4 Å². The molecule has 144 valence electrons. The molecular formula is C14H27NaO9S. The Hall–Kier alpha value is 0.670. The van der Waals surface area contributed by atoms with Gasteiger partial charge in [-0.05, 0) is 18.8 Å². The first kappa shape index (κ1) is 25.7. The van der Waals surface area contributed by atoms with E-state index in [0.29, 0.717) is 0 Å². The monoisotopic (exact) mass is 394 g/mol. The molecule has 1 saturated heterocycles. The molecule has 1 heterocycles. The summed E-state index contributed by atoms with van der Waals surface area (Å²) in [6.07, 6.45) is -3.94. The largest absolute Gasteiger partial charge is 1.00 e. The molecule has 0 bridgehead atoms. The van der Waals surface area contributed by atoms with Crippen molar-refractivity contribution in [3.63, 3.8) is 0 Å². The zero-order valence-electron chi connectivity index (χ0n) is 14.9. The van der Waals surface area contributed by atoms with Crippen LogP contribution in [0.4, 0.5) is 0 Å². The average Bonchev–Trinajstić information content (AvgIpc) is 2.50. The SMILES string of the molecule is CCCC(CCC)CO[C@H]1O[C@H](CO)[C@H](O)[C@@H](OS(=O)(=O)[O-])[C@H]1O.[Na+]. The summed E-state index contributed by atoms with van der Waals surface area (Å²) in [5.41, 5.74) is 0. The molecule has 1 aliphatic heterocycles. The fourth-order valence-electron chi connectivity index (χ4n) is 2.80. The molecular weight excluding hydrogens is 367 g/mol. The maximum Gasteiger partial charge on any atom is 1.00 e. The molecule has 0 aliphatic carbocycles. The van der Waals surface area contributed by atoms with Crippen molar-refractivity contribution in [2.75, 3.05) is 13.2 Å². The van der Waals surface area contributed by atoms with E-state index in [2.05, 4.69) is 4.18 Å². The molecule has 0 aromatic heterocycles. The predicted octanol–water partition coefficient (Wildman–Crippen LogP) is -3.49. The first-order valence-electron chi connectivity index (χ1n) is 8.11. The van der Waals surface area contributed by atoms with Gasteiger partial charge in [-0.2, -0.15) is 0 Å². The van der Waals surface area contributed by atoms with E-state index in [1.165, 1.54) is 0 Å². The van der Waals surface area contributed by atoms with E-state index in [1.807, 2.05) is 13.8 Å². The third-order valence-corrected chi connectivity index (χ3v) is 4.40. The van der Waals surface area contributed by atoms with Crippen LogP contribution in [0.1, 0.15) is 39.5 Å². The van der Waals surface area contributed by atoms with Crippen LogP contribution in [0.3, 0.4) is 0 Å². The van der Waals surface area contributed by atoms with Crippen molar-refractivity contribution >= 4 is 10.4 Å². The molecule has 11 heteroatoms. The van der Waals surface area contributed by atoms with Crippen LogP contribution in [0, 0.1) is 5.92 Å².